The number of ketones is 3. The number of methoxy groups -OCH3 is 2. The molecule has 76 heavy (non-hydrogen) atoms. The Morgan fingerprint density at radius 3 is 2.22 bits per heavy atom. The molecule has 21 heteroatoms. The highest BCUT2D eigenvalue weighted by Crippen LogP contribution is 2.49. The molecular formula is C55H64FN5O15. The summed E-state index contributed by atoms with van der Waals surface area (Å²) in [5, 5.41) is 64.2. The van der Waals surface area contributed by atoms with E-state index in [1.54, 1.807) is 55.2 Å². The SMILES string of the molecule is COc1c(N2CCN(/N=C/C3=C4NC(=O)/C(C)=C\C=C\[C@@H](C)[C@H](O)[C@@H](C)[C@H](O)[C@@H](C)[C@H](O)[C@@H](C)[C@@H](OC)/C=C/O[C@@]5(C)Oc6c(C)c(O)c(c(c6C5=O)C3=O)C4=O)C(C)C2)c(F)cc2c(=O)c(C(=O)O)cn(C3CC3)c12. The van der Waals surface area contributed by atoms with Crippen LogP contribution in [-0.2, 0) is 14.3 Å². The normalized spacial score (nSPS) is 30.3. The van der Waals surface area contributed by atoms with Crippen LogP contribution in [0.5, 0.6) is 17.2 Å². The number of benzene rings is 2. The number of rotatable bonds is 7. The number of carboxylic acids is 1. The van der Waals surface area contributed by atoms with Gasteiger partial charge in [-0.15, -0.1) is 0 Å². The first kappa shape index (κ1) is 55.0. The number of halogens is 1. The summed E-state index contributed by atoms with van der Waals surface area (Å²) in [5.41, 5.74) is -3.57. The van der Waals surface area contributed by atoms with Gasteiger partial charge in [0, 0.05) is 74.2 Å². The number of carbonyl (C=O) groups excluding carboxylic acids is 4. The second-order valence-corrected chi connectivity index (χ2v) is 20.6. The topological polar surface area (TPSA) is 276 Å². The molecule has 10 atom stereocenters. The number of aromatic nitrogens is 1. The summed E-state index contributed by atoms with van der Waals surface area (Å²) >= 11 is 0. The average Bonchev–Trinajstić information content (AvgIpc) is 4.28. The number of allylic oxidation sites excluding steroid dienone is 4. The lowest BCUT2D eigenvalue weighted by Crippen LogP contribution is -2.50. The minimum Gasteiger partial charge on any atom is -0.507 e. The van der Waals surface area contributed by atoms with Gasteiger partial charge in [0.15, 0.2) is 17.3 Å². The van der Waals surface area contributed by atoms with E-state index >= 15 is 9.18 Å². The molecule has 1 unspecified atom stereocenters. The largest absolute Gasteiger partial charge is 0.507 e. The number of hydrazone groups is 1. The van der Waals surface area contributed by atoms with Gasteiger partial charge in [-0.05, 0) is 45.8 Å². The average molecular weight is 1050 g/mol. The van der Waals surface area contributed by atoms with Crippen LogP contribution in [0.3, 0.4) is 0 Å². The first-order valence-corrected chi connectivity index (χ1v) is 25.2. The molecule has 1 saturated carbocycles. The summed E-state index contributed by atoms with van der Waals surface area (Å²) in [6.07, 6.45) is 6.60. The predicted molar refractivity (Wildman–Crippen MR) is 275 cm³/mol. The molecule has 20 nitrogen and oxygen atoms in total. The van der Waals surface area contributed by atoms with E-state index in [4.69, 9.17) is 18.9 Å². The summed E-state index contributed by atoms with van der Waals surface area (Å²) in [6, 6.07) is 0.351. The molecule has 0 spiro atoms. The Morgan fingerprint density at radius 2 is 1.59 bits per heavy atom. The lowest BCUT2D eigenvalue weighted by atomic mass is 9.78. The number of nitrogens with one attached hydrogen (secondary N) is 1. The first-order chi connectivity index (χ1) is 35.9. The minimum absolute atomic E-state index is 0.0370. The van der Waals surface area contributed by atoms with Crippen LogP contribution in [0.4, 0.5) is 10.1 Å². The molecule has 9 rings (SSSR count). The van der Waals surface area contributed by atoms with Gasteiger partial charge in [0.05, 0.1) is 89.8 Å². The number of aliphatic hydroxyl groups excluding tert-OH is 3. The van der Waals surface area contributed by atoms with Gasteiger partial charge in [0.25, 0.3) is 11.7 Å². The Morgan fingerprint density at radius 1 is 0.921 bits per heavy atom. The smallest absolute Gasteiger partial charge is 0.341 e. The number of carboxylic acid groups (broad SMARTS) is 1. The fraction of sp³-hybridized carbons (Fsp3) is 0.473. The lowest BCUT2D eigenvalue weighted by molar-refractivity contribution is -0.116. The molecule has 1 saturated heterocycles. The molecule has 5 heterocycles. The monoisotopic (exact) mass is 1050 g/mol. The van der Waals surface area contributed by atoms with Crippen LogP contribution in [0.2, 0.25) is 0 Å². The van der Waals surface area contributed by atoms with Crippen molar-refractivity contribution in [2.45, 2.75) is 111 Å². The van der Waals surface area contributed by atoms with Gasteiger partial charge in [0.1, 0.15) is 28.4 Å². The molecule has 5 bridgehead atoms. The molecule has 4 aliphatic heterocycles. The highest BCUT2D eigenvalue weighted by Gasteiger charge is 2.53. The van der Waals surface area contributed by atoms with Crippen LogP contribution >= 0.6 is 0 Å². The number of hydrogen-bond donors (Lipinski definition) is 6. The van der Waals surface area contributed by atoms with Gasteiger partial charge in [0.2, 0.25) is 11.2 Å². The van der Waals surface area contributed by atoms with E-state index in [0.29, 0.717) is 12.8 Å². The fourth-order valence-corrected chi connectivity index (χ4v) is 10.6. The molecule has 3 aromatic rings. The van der Waals surface area contributed by atoms with Crippen LogP contribution in [0, 0.1) is 36.4 Å². The number of carbonyl (C=O) groups is 5. The molecule has 2 aliphatic carbocycles. The Bertz CT molecular complexity index is 3160. The lowest BCUT2D eigenvalue weighted by Gasteiger charge is -2.40. The number of Topliss-reactive ketones (excluding diaryl/α,β-unsaturated/α-hetero) is 3. The first-order valence-electron chi connectivity index (χ1n) is 25.2. The molecule has 2 fully saturated rings. The zero-order chi connectivity index (χ0) is 55.6. The molecule has 2 aromatic carbocycles. The summed E-state index contributed by atoms with van der Waals surface area (Å²) in [4.78, 5) is 85.6. The summed E-state index contributed by atoms with van der Waals surface area (Å²) < 4.78 is 41.5. The molecule has 1 aromatic heterocycles. The van der Waals surface area contributed by atoms with Crippen LogP contribution in [-0.4, -0.2) is 141 Å². The van der Waals surface area contributed by atoms with Gasteiger partial charge in [-0.2, -0.15) is 5.10 Å². The number of aromatic carboxylic acids is 1. The van der Waals surface area contributed by atoms with Gasteiger partial charge >= 0.3 is 11.8 Å². The quantitative estimate of drug-likeness (QED) is 0.168. The number of ether oxygens (including phenoxy) is 4. The number of nitrogens with zero attached hydrogens (tertiary/aromatic N) is 4. The van der Waals surface area contributed by atoms with Gasteiger partial charge in [-0.3, -0.25) is 29.0 Å². The van der Waals surface area contributed by atoms with Crippen molar-refractivity contribution in [2.24, 2.45) is 28.8 Å². The zero-order valence-electron chi connectivity index (χ0n) is 43.9. The summed E-state index contributed by atoms with van der Waals surface area (Å²) in [7, 11) is 2.73. The van der Waals surface area contributed by atoms with Crippen LogP contribution in [0.15, 0.2) is 69.6 Å². The third-order valence-electron chi connectivity index (χ3n) is 15.5. The van der Waals surface area contributed by atoms with Crippen molar-refractivity contribution >= 4 is 52.0 Å². The number of phenols is 1. The van der Waals surface area contributed by atoms with Crippen LogP contribution < -0.4 is 25.1 Å². The van der Waals surface area contributed by atoms with Crippen molar-refractivity contribution in [1.29, 1.82) is 0 Å². The molecular weight excluding hydrogens is 990 g/mol. The third-order valence-corrected chi connectivity index (χ3v) is 15.5. The molecule has 0 radical (unpaired) electrons. The zero-order valence-corrected chi connectivity index (χ0v) is 43.9. The van der Waals surface area contributed by atoms with Crippen molar-refractivity contribution in [3.8, 4) is 17.2 Å². The maximum Gasteiger partial charge on any atom is 0.341 e. The van der Waals surface area contributed by atoms with E-state index in [1.165, 1.54) is 59.4 Å². The van der Waals surface area contributed by atoms with Crippen LogP contribution in [0.25, 0.3) is 10.9 Å². The van der Waals surface area contributed by atoms with Crippen molar-refractivity contribution in [1.82, 2.24) is 14.9 Å². The van der Waals surface area contributed by atoms with E-state index in [-0.39, 0.29) is 70.5 Å². The molecule has 406 valence electrons. The number of phenolic OH excluding ortho intramolecular Hbond substituents is 1. The van der Waals surface area contributed by atoms with Gasteiger partial charge < -0.3 is 59.3 Å². The van der Waals surface area contributed by atoms with E-state index in [0.717, 1.165) is 18.5 Å². The Labute approximate surface area is 437 Å². The number of amides is 1. The number of pyridine rings is 1. The maximum atomic E-state index is 16.3. The highest BCUT2D eigenvalue weighted by molar-refractivity contribution is 6.37. The van der Waals surface area contributed by atoms with Crippen LogP contribution in [0.1, 0.15) is 114 Å². The fourth-order valence-electron chi connectivity index (χ4n) is 10.6. The molecule has 6 aliphatic rings. The van der Waals surface area contributed by atoms with E-state index in [9.17, 15) is 49.5 Å². The number of anilines is 1. The van der Waals surface area contributed by atoms with Crippen molar-refractivity contribution in [2.75, 3.05) is 38.8 Å². The number of fused-ring (bicyclic) bond motifs is 15. The second kappa shape index (κ2) is 21.1. The Hall–Kier alpha value is -7.20. The molecule has 6 N–H and O–H groups in total. The summed E-state index contributed by atoms with van der Waals surface area (Å²) in [5.74, 6) is -11.8. The number of piperazine rings is 1. The Balaban J connectivity index is 1.18. The number of aromatic hydroxyl groups is 1. The summed E-state index contributed by atoms with van der Waals surface area (Å²) in [6.45, 7) is 12.9. The van der Waals surface area contributed by atoms with Gasteiger partial charge in [-0.1, -0.05) is 45.9 Å². The number of aliphatic hydroxyl groups is 3. The van der Waals surface area contributed by atoms with Crippen molar-refractivity contribution < 1.29 is 72.8 Å². The van der Waals surface area contributed by atoms with Crippen molar-refractivity contribution in [3.05, 3.63) is 104 Å². The van der Waals surface area contributed by atoms with E-state index in [2.05, 4.69) is 10.4 Å². The number of hydrogen-bond acceptors (Lipinski definition) is 17. The predicted octanol–water partition coefficient (Wildman–Crippen LogP) is 5.12. The van der Waals surface area contributed by atoms with E-state index < -0.39 is 134 Å². The highest BCUT2D eigenvalue weighted by atomic mass is 19.1. The van der Waals surface area contributed by atoms with E-state index in [1.807, 2.05) is 0 Å². The second-order valence-electron chi connectivity index (χ2n) is 20.6. The van der Waals surface area contributed by atoms with Crippen molar-refractivity contribution in [3.63, 3.8) is 0 Å². The standard InChI is InChI=1S/C55H64FN5O15/c1-24-12-11-13-25(2)53(70)58-40-33(21-57-61-18-17-59(22-26(61)3)42-35(56)20-32-41(51(42)74-10)60(31-14-15-31)23-34(47(32)66)54(71)72)48(67)37-38(49(40)68)46(65)30(7)50-39(37)52(69)55(8,76-50)75-19-16-36(73-9)27(4)44(63)29(6)45(64)28(5)43(24)62/h11-13,16,19-21,23-24,26-29,31,36,43-45,62-65H,14-15,17-18,22H2,1-10H3,(H,58,70)(H,71,72)/b12-11+,19-16+,25-13-,57-21+/t24-,26?,27+,28-,29+,36+,43+,44-,45+,55+/m1/s1. The van der Waals surface area contributed by atoms with Gasteiger partial charge in [-0.25, -0.2) is 9.18 Å². The maximum absolute atomic E-state index is 16.3. The molecule has 1 amide bonds. The minimum atomic E-state index is -2.17. The third kappa shape index (κ3) is 9.57. The Kier molecular flexibility index (Phi) is 15.3.